The highest BCUT2D eigenvalue weighted by Crippen LogP contribution is 2.34. The Balaban J connectivity index is 1.36. The summed E-state index contributed by atoms with van der Waals surface area (Å²) in [4.78, 5) is 11.6. The molecule has 190 valence electrons. The molecule has 1 fully saturated rings. The molecule has 0 radical (unpaired) electrons. The number of Topliss-reactive ketones (excluding diaryl/α,β-unsaturated/α-hetero) is 1. The van der Waals surface area contributed by atoms with Crippen molar-refractivity contribution in [2.45, 2.75) is 71.8 Å². The van der Waals surface area contributed by atoms with Crippen LogP contribution >= 0.6 is 0 Å². The largest absolute Gasteiger partial charge is 0.382 e. The summed E-state index contributed by atoms with van der Waals surface area (Å²) < 4.78 is 1.87. The molecule has 2 unspecified atom stereocenters. The molecule has 0 spiro atoms. The molecule has 0 saturated heterocycles. The average Bonchev–Trinajstić information content (AvgIpc) is 3.46. The molecule has 2 aliphatic rings. The Hall–Kier alpha value is -3.79. The van der Waals surface area contributed by atoms with E-state index in [4.69, 9.17) is 0 Å². The maximum Gasteiger partial charge on any atom is 0.130 e. The van der Waals surface area contributed by atoms with Crippen molar-refractivity contribution in [1.29, 1.82) is 5.26 Å². The number of benzene rings is 1. The minimum Gasteiger partial charge on any atom is -0.382 e. The summed E-state index contributed by atoms with van der Waals surface area (Å²) in [6, 6.07) is 14.7. The monoisotopic (exact) mass is 494 g/mol. The first-order valence-electron chi connectivity index (χ1n) is 13.3. The van der Waals surface area contributed by atoms with Crippen LogP contribution in [0.4, 0.5) is 5.69 Å². The fourth-order valence-corrected chi connectivity index (χ4v) is 5.73. The number of carbonyl (C=O) groups excluding carboxylic acids is 1. The number of ketones is 1. The summed E-state index contributed by atoms with van der Waals surface area (Å²) in [6.45, 7) is 5.97. The van der Waals surface area contributed by atoms with Crippen molar-refractivity contribution in [3.05, 3.63) is 53.7 Å². The van der Waals surface area contributed by atoms with Gasteiger partial charge in [-0.3, -0.25) is 0 Å². The van der Waals surface area contributed by atoms with Crippen LogP contribution in [0.5, 0.6) is 0 Å². The molecule has 7 nitrogen and oxygen atoms in total. The van der Waals surface area contributed by atoms with Crippen molar-refractivity contribution in [3.8, 4) is 17.3 Å². The maximum atomic E-state index is 11.6. The summed E-state index contributed by atoms with van der Waals surface area (Å²) in [5.41, 5.74) is 7.77. The molecule has 3 aromatic rings. The van der Waals surface area contributed by atoms with Gasteiger partial charge in [-0.1, -0.05) is 25.0 Å². The number of fused-ring (bicyclic) bond motifs is 1. The molecular formula is C30H34N6O. The molecule has 7 heteroatoms. The highest BCUT2D eigenvalue weighted by Gasteiger charge is 2.27. The van der Waals surface area contributed by atoms with Gasteiger partial charge in [0.2, 0.25) is 0 Å². The summed E-state index contributed by atoms with van der Waals surface area (Å²) in [5, 5.41) is 26.6. The average molecular weight is 495 g/mol. The fraction of sp³-hybridized carbons (Fsp3) is 0.433. The quantitative estimate of drug-likeness (QED) is 0.384. The van der Waals surface area contributed by atoms with E-state index in [0.717, 1.165) is 72.3 Å². The Morgan fingerprint density at radius 1 is 1.14 bits per heavy atom. The molecule has 1 aliphatic carbocycles. The second-order valence-electron chi connectivity index (χ2n) is 10.8. The minimum absolute atomic E-state index is 0.261. The molecule has 37 heavy (non-hydrogen) atoms. The topological polar surface area (TPSA) is 94.9 Å². The van der Waals surface area contributed by atoms with E-state index in [1.54, 1.807) is 13.1 Å². The molecule has 1 aromatic carbocycles. The lowest BCUT2D eigenvalue weighted by Gasteiger charge is -2.18. The first-order chi connectivity index (χ1) is 17.9. The molecule has 5 rings (SSSR count). The number of aromatic nitrogens is 2. The Kier molecular flexibility index (Phi) is 7.18. The van der Waals surface area contributed by atoms with Crippen LogP contribution in [0.15, 0.2) is 52.8 Å². The van der Waals surface area contributed by atoms with Crippen molar-refractivity contribution >= 4 is 28.4 Å². The van der Waals surface area contributed by atoms with Gasteiger partial charge < -0.3 is 10.1 Å². The number of nitrogens with one attached hydrogen (secondary N) is 1. The van der Waals surface area contributed by atoms with Gasteiger partial charge in [0.1, 0.15) is 11.9 Å². The van der Waals surface area contributed by atoms with Crippen LogP contribution in [-0.2, 0) is 4.79 Å². The summed E-state index contributed by atoms with van der Waals surface area (Å²) in [6.07, 6.45) is 8.71. The van der Waals surface area contributed by atoms with Gasteiger partial charge in [-0.05, 0) is 76.1 Å². The molecule has 0 bridgehead atoms. The first-order valence-corrected chi connectivity index (χ1v) is 13.3. The Morgan fingerprint density at radius 2 is 2.00 bits per heavy atom. The zero-order valence-corrected chi connectivity index (χ0v) is 21.9. The molecule has 1 saturated carbocycles. The highest BCUT2D eigenvalue weighted by atomic mass is 16.1. The highest BCUT2D eigenvalue weighted by molar-refractivity contribution is 6.18. The van der Waals surface area contributed by atoms with Gasteiger partial charge in [0.05, 0.1) is 28.7 Å². The molecule has 1 aliphatic heterocycles. The molecular weight excluding hydrogens is 460 g/mol. The van der Waals surface area contributed by atoms with Crippen molar-refractivity contribution in [2.75, 3.05) is 5.32 Å². The zero-order chi connectivity index (χ0) is 25.9. The van der Waals surface area contributed by atoms with E-state index >= 15 is 0 Å². The third kappa shape index (κ3) is 5.48. The Bertz CT molecular complexity index is 1420. The molecule has 3 heterocycles. The fourth-order valence-electron chi connectivity index (χ4n) is 5.73. The van der Waals surface area contributed by atoms with Gasteiger partial charge in [0.15, 0.2) is 0 Å². The Morgan fingerprint density at radius 3 is 2.78 bits per heavy atom. The van der Waals surface area contributed by atoms with E-state index in [1.807, 2.05) is 22.7 Å². The zero-order valence-electron chi connectivity index (χ0n) is 21.9. The van der Waals surface area contributed by atoms with Crippen LogP contribution in [0.1, 0.15) is 76.8 Å². The van der Waals surface area contributed by atoms with Crippen molar-refractivity contribution < 1.29 is 4.79 Å². The predicted molar refractivity (Wildman–Crippen MR) is 148 cm³/mol. The lowest BCUT2D eigenvalue weighted by Crippen LogP contribution is -2.17. The van der Waals surface area contributed by atoms with Gasteiger partial charge in [-0.2, -0.15) is 20.6 Å². The second-order valence-corrected chi connectivity index (χ2v) is 10.8. The maximum absolute atomic E-state index is 11.6. The lowest BCUT2D eigenvalue weighted by atomic mass is 9.89. The molecule has 0 amide bonds. The van der Waals surface area contributed by atoms with Crippen molar-refractivity contribution in [1.82, 2.24) is 9.61 Å². The van der Waals surface area contributed by atoms with E-state index in [1.165, 1.54) is 5.71 Å². The van der Waals surface area contributed by atoms with Crippen LogP contribution in [0, 0.1) is 23.2 Å². The predicted octanol–water partition coefficient (Wildman–Crippen LogP) is 6.42. The van der Waals surface area contributed by atoms with E-state index in [0.29, 0.717) is 29.6 Å². The summed E-state index contributed by atoms with van der Waals surface area (Å²) in [5.74, 6) is 1.28. The molecule has 1 N–H and O–H groups in total. The van der Waals surface area contributed by atoms with E-state index in [-0.39, 0.29) is 6.04 Å². The number of nitrogens with zero attached hydrogens (tertiary/aromatic N) is 5. The van der Waals surface area contributed by atoms with Gasteiger partial charge in [0, 0.05) is 41.4 Å². The van der Waals surface area contributed by atoms with Crippen molar-refractivity contribution in [2.24, 2.45) is 22.0 Å². The molecule has 2 atom stereocenters. The normalized spacial score (nSPS) is 19.9. The number of anilines is 1. The molecule has 2 aromatic heterocycles. The number of carbonyl (C=O) groups is 1. The number of nitriles is 1. The standard InChI is InChI=1S/C30H34N6O/c1-19(2)33-28-15-24(30-12-10-25-14-22(17-31)18-32-36(25)30)9-11-26(28)29-16-27(34-35-29)23-6-4-5-21(7-8-23)13-20(3)37/h9-12,14-15,18-19,21,23,33H,4-8,13,16H2,1-3H3. The number of hydrogen-bond donors (Lipinski definition) is 1. The summed E-state index contributed by atoms with van der Waals surface area (Å²) >= 11 is 0. The third-order valence-corrected chi connectivity index (χ3v) is 7.48. The number of hydrogen-bond acceptors (Lipinski definition) is 6. The smallest absolute Gasteiger partial charge is 0.130 e. The van der Waals surface area contributed by atoms with E-state index < -0.39 is 0 Å². The van der Waals surface area contributed by atoms with Crippen molar-refractivity contribution in [3.63, 3.8) is 0 Å². The Labute approximate surface area is 218 Å². The summed E-state index contributed by atoms with van der Waals surface area (Å²) in [7, 11) is 0. The van der Waals surface area contributed by atoms with Crippen LogP contribution in [0.2, 0.25) is 0 Å². The van der Waals surface area contributed by atoms with Crippen LogP contribution in [0.25, 0.3) is 16.8 Å². The van der Waals surface area contributed by atoms with Gasteiger partial charge in [-0.25, -0.2) is 4.52 Å². The lowest BCUT2D eigenvalue weighted by molar-refractivity contribution is -0.118. The van der Waals surface area contributed by atoms with Crippen LogP contribution < -0.4 is 5.32 Å². The first kappa shape index (κ1) is 24.9. The number of rotatable bonds is 7. The van der Waals surface area contributed by atoms with Gasteiger partial charge >= 0.3 is 0 Å². The van der Waals surface area contributed by atoms with Crippen LogP contribution in [0.3, 0.4) is 0 Å². The SMILES string of the molecule is CC(=O)CC1CCCC(C2=NN=C(c3ccc(-c4ccc5cc(C#N)cnn45)cc3NC(C)C)C2)CC1. The van der Waals surface area contributed by atoms with E-state index in [2.05, 4.69) is 58.7 Å². The van der Waals surface area contributed by atoms with E-state index in [9.17, 15) is 10.1 Å². The van der Waals surface area contributed by atoms with Crippen LogP contribution in [-0.4, -0.2) is 32.9 Å². The second kappa shape index (κ2) is 10.7. The third-order valence-electron chi connectivity index (χ3n) is 7.48. The van der Waals surface area contributed by atoms with Gasteiger partial charge in [0.25, 0.3) is 0 Å². The minimum atomic E-state index is 0.261. The van der Waals surface area contributed by atoms with Gasteiger partial charge in [-0.15, -0.1) is 0 Å².